The summed E-state index contributed by atoms with van der Waals surface area (Å²) in [5.74, 6) is -0.592. The molecule has 82 valence electrons. The first-order valence-electron chi connectivity index (χ1n) is 5.37. The Labute approximate surface area is 88.3 Å². The number of nitrogens with two attached hydrogens (primary N) is 1. The fourth-order valence-electron chi connectivity index (χ4n) is 2.34. The first kappa shape index (κ1) is 10.6. The Morgan fingerprint density at radius 3 is 2.73 bits per heavy atom. The van der Waals surface area contributed by atoms with E-state index in [0.29, 0.717) is 5.56 Å². The highest BCUT2D eigenvalue weighted by Gasteiger charge is 2.23. The van der Waals surface area contributed by atoms with Crippen LogP contribution in [0, 0.1) is 11.6 Å². The Bertz CT molecular complexity index is 351. The molecule has 0 aliphatic heterocycles. The standard InChI is InChI=1S/C12H15F2N/c13-9-4-5-12(14)11(7-9)8-2-1-3-10(15)6-8/h4-5,7-8,10H,1-3,6,15H2. The summed E-state index contributed by atoms with van der Waals surface area (Å²) in [5.41, 5.74) is 6.33. The van der Waals surface area contributed by atoms with Crippen LogP contribution >= 0.6 is 0 Å². The molecule has 0 heterocycles. The van der Waals surface area contributed by atoms with Gasteiger partial charge >= 0.3 is 0 Å². The largest absolute Gasteiger partial charge is 0.328 e. The van der Waals surface area contributed by atoms with Crippen LogP contribution in [0.25, 0.3) is 0 Å². The van der Waals surface area contributed by atoms with Gasteiger partial charge in [-0.2, -0.15) is 0 Å². The Kier molecular flexibility index (Phi) is 3.00. The molecule has 0 spiro atoms. The molecule has 2 unspecified atom stereocenters. The molecule has 1 aromatic rings. The number of benzene rings is 1. The van der Waals surface area contributed by atoms with Gasteiger partial charge < -0.3 is 5.73 Å². The highest BCUT2D eigenvalue weighted by molar-refractivity contribution is 5.23. The van der Waals surface area contributed by atoms with Crippen molar-refractivity contribution in [1.82, 2.24) is 0 Å². The minimum atomic E-state index is -0.370. The second kappa shape index (κ2) is 4.27. The molecule has 2 N–H and O–H groups in total. The van der Waals surface area contributed by atoms with Crippen molar-refractivity contribution in [2.75, 3.05) is 0 Å². The van der Waals surface area contributed by atoms with Crippen LogP contribution in [0.5, 0.6) is 0 Å². The molecule has 1 aromatic carbocycles. The van der Waals surface area contributed by atoms with Crippen molar-refractivity contribution >= 4 is 0 Å². The van der Waals surface area contributed by atoms with Gasteiger partial charge in [-0.25, -0.2) is 8.78 Å². The summed E-state index contributed by atoms with van der Waals surface area (Å²) in [4.78, 5) is 0. The highest BCUT2D eigenvalue weighted by Crippen LogP contribution is 2.33. The maximum absolute atomic E-state index is 13.5. The van der Waals surface area contributed by atoms with Crippen molar-refractivity contribution < 1.29 is 8.78 Å². The molecule has 0 saturated heterocycles. The Hall–Kier alpha value is -0.960. The molecule has 0 amide bonds. The van der Waals surface area contributed by atoms with Crippen LogP contribution in [0.4, 0.5) is 8.78 Å². The molecule has 0 aromatic heterocycles. The first-order chi connectivity index (χ1) is 7.16. The zero-order valence-electron chi connectivity index (χ0n) is 8.55. The van der Waals surface area contributed by atoms with Crippen LogP contribution in [0.3, 0.4) is 0 Å². The smallest absolute Gasteiger partial charge is 0.126 e. The molecular formula is C12H15F2N. The third kappa shape index (κ3) is 2.34. The van der Waals surface area contributed by atoms with E-state index in [2.05, 4.69) is 0 Å². The maximum atomic E-state index is 13.5. The highest BCUT2D eigenvalue weighted by atomic mass is 19.1. The second-order valence-electron chi connectivity index (χ2n) is 4.29. The average Bonchev–Trinajstić information content (AvgIpc) is 2.22. The summed E-state index contributed by atoms with van der Waals surface area (Å²) in [6.07, 6.45) is 3.67. The van der Waals surface area contributed by atoms with E-state index in [9.17, 15) is 8.78 Å². The van der Waals surface area contributed by atoms with Gasteiger partial charge in [0.25, 0.3) is 0 Å². The van der Waals surface area contributed by atoms with E-state index in [-0.39, 0.29) is 23.6 Å². The van der Waals surface area contributed by atoms with E-state index in [4.69, 9.17) is 5.73 Å². The first-order valence-corrected chi connectivity index (χ1v) is 5.37. The van der Waals surface area contributed by atoms with Crippen LogP contribution in [0.1, 0.15) is 37.2 Å². The van der Waals surface area contributed by atoms with Gasteiger partial charge in [-0.1, -0.05) is 6.42 Å². The normalized spacial score (nSPS) is 26.6. The van der Waals surface area contributed by atoms with Crippen molar-refractivity contribution in [2.45, 2.75) is 37.6 Å². The predicted molar refractivity (Wildman–Crippen MR) is 55.5 cm³/mol. The zero-order valence-corrected chi connectivity index (χ0v) is 8.55. The van der Waals surface area contributed by atoms with Crippen molar-refractivity contribution in [3.63, 3.8) is 0 Å². The summed E-state index contributed by atoms with van der Waals surface area (Å²) >= 11 is 0. The molecule has 1 saturated carbocycles. The number of rotatable bonds is 1. The summed E-state index contributed by atoms with van der Waals surface area (Å²) in [7, 11) is 0. The number of hydrogen-bond donors (Lipinski definition) is 1. The lowest BCUT2D eigenvalue weighted by atomic mass is 9.81. The zero-order chi connectivity index (χ0) is 10.8. The monoisotopic (exact) mass is 211 g/mol. The topological polar surface area (TPSA) is 26.0 Å². The lowest BCUT2D eigenvalue weighted by Gasteiger charge is -2.27. The van der Waals surface area contributed by atoms with Crippen LogP contribution in [-0.2, 0) is 0 Å². The van der Waals surface area contributed by atoms with E-state index in [0.717, 1.165) is 31.7 Å². The molecule has 1 fully saturated rings. The van der Waals surface area contributed by atoms with Gasteiger partial charge in [0.1, 0.15) is 11.6 Å². The maximum Gasteiger partial charge on any atom is 0.126 e. The molecule has 1 aliphatic carbocycles. The Morgan fingerprint density at radius 2 is 2.00 bits per heavy atom. The summed E-state index contributed by atoms with van der Waals surface area (Å²) in [5, 5.41) is 0. The lowest BCUT2D eigenvalue weighted by Crippen LogP contribution is -2.27. The van der Waals surface area contributed by atoms with Crippen LogP contribution in [0.2, 0.25) is 0 Å². The van der Waals surface area contributed by atoms with Crippen molar-refractivity contribution in [1.29, 1.82) is 0 Å². The second-order valence-corrected chi connectivity index (χ2v) is 4.29. The molecule has 2 rings (SSSR count). The van der Waals surface area contributed by atoms with E-state index < -0.39 is 0 Å². The molecular weight excluding hydrogens is 196 g/mol. The third-order valence-electron chi connectivity index (χ3n) is 3.11. The van der Waals surface area contributed by atoms with Crippen molar-refractivity contribution in [3.8, 4) is 0 Å². The minimum absolute atomic E-state index is 0.0875. The third-order valence-corrected chi connectivity index (χ3v) is 3.11. The Morgan fingerprint density at radius 1 is 1.20 bits per heavy atom. The van der Waals surface area contributed by atoms with E-state index in [1.54, 1.807) is 0 Å². The van der Waals surface area contributed by atoms with Gasteiger partial charge in [-0.3, -0.25) is 0 Å². The summed E-state index contributed by atoms with van der Waals surface area (Å²) in [6.45, 7) is 0. The van der Waals surface area contributed by atoms with Gasteiger partial charge in [0.05, 0.1) is 0 Å². The van der Waals surface area contributed by atoms with Crippen molar-refractivity contribution in [3.05, 3.63) is 35.4 Å². The Balaban J connectivity index is 2.24. The molecule has 15 heavy (non-hydrogen) atoms. The van der Waals surface area contributed by atoms with Crippen molar-refractivity contribution in [2.24, 2.45) is 5.73 Å². The molecule has 3 heteroatoms. The van der Waals surface area contributed by atoms with E-state index in [1.165, 1.54) is 12.1 Å². The fraction of sp³-hybridized carbons (Fsp3) is 0.500. The molecule has 1 aliphatic rings. The van der Waals surface area contributed by atoms with Crippen LogP contribution < -0.4 is 5.73 Å². The fourth-order valence-corrected chi connectivity index (χ4v) is 2.34. The van der Waals surface area contributed by atoms with Crippen LogP contribution in [0.15, 0.2) is 18.2 Å². The minimum Gasteiger partial charge on any atom is -0.328 e. The van der Waals surface area contributed by atoms with Gasteiger partial charge in [0, 0.05) is 6.04 Å². The van der Waals surface area contributed by atoms with E-state index in [1.807, 2.05) is 0 Å². The van der Waals surface area contributed by atoms with E-state index >= 15 is 0 Å². The average molecular weight is 211 g/mol. The van der Waals surface area contributed by atoms with Gasteiger partial charge in [0.2, 0.25) is 0 Å². The number of hydrogen-bond acceptors (Lipinski definition) is 1. The van der Waals surface area contributed by atoms with Crippen LogP contribution in [-0.4, -0.2) is 6.04 Å². The quantitative estimate of drug-likeness (QED) is 0.759. The van der Waals surface area contributed by atoms with Gasteiger partial charge in [0.15, 0.2) is 0 Å². The van der Waals surface area contributed by atoms with Gasteiger partial charge in [-0.05, 0) is 48.9 Å². The molecule has 0 bridgehead atoms. The van der Waals surface area contributed by atoms with Gasteiger partial charge in [-0.15, -0.1) is 0 Å². The predicted octanol–water partition coefficient (Wildman–Crippen LogP) is 2.95. The summed E-state index contributed by atoms with van der Waals surface area (Å²) < 4.78 is 26.5. The lowest BCUT2D eigenvalue weighted by molar-refractivity contribution is 0.383. The molecule has 2 atom stereocenters. The summed E-state index contributed by atoms with van der Waals surface area (Å²) in [6, 6.07) is 3.79. The number of halogens is 2. The molecule has 0 radical (unpaired) electrons. The SMILES string of the molecule is NC1CCCC(c2cc(F)ccc2F)C1. The molecule has 1 nitrogen and oxygen atoms in total.